The second-order valence-corrected chi connectivity index (χ2v) is 9.02. The van der Waals surface area contributed by atoms with Gasteiger partial charge in [0.25, 0.3) is 5.91 Å². The normalized spacial score (nSPS) is 22.4. The molecule has 4 amide bonds. The highest BCUT2D eigenvalue weighted by Crippen LogP contribution is 2.43. The third kappa shape index (κ3) is 3.82. The maximum atomic E-state index is 13.5. The first-order valence-electron chi connectivity index (χ1n) is 11.4. The Balaban J connectivity index is 1.38. The van der Waals surface area contributed by atoms with Crippen molar-refractivity contribution in [1.82, 2.24) is 9.80 Å². The lowest BCUT2D eigenvalue weighted by atomic mass is 10.0. The van der Waals surface area contributed by atoms with Gasteiger partial charge in [0.05, 0.1) is 55.6 Å². The van der Waals surface area contributed by atoms with Crippen LogP contribution in [0.2, 0.25) is 0 Å². The van der Waals surface area contributed by atoms with E-state index in [1.165, 1.54) is 25.2 Å². The summed E-state index contributed by atoms with van der Waals surface area (Å²) in [5, 5.41) is 9.04. The Hall–Kier alpha value is -4.27. The number of amides is 4. The zero-order chi connectivity index (χ0) is 26.6. The Labute approximate surface area is 209 Å². The van der Waals surface area contributed by atoms with Gasteiger partial charge in [-0.05, 0) is 42.3 Å². The smallest absolute Gasteiger partial charge is 0.417 e. The number of alkyl halides is 3. The molecule has 3 atom stereocenters. The summed E-state index contributed by atoms with van der Waals surface area (Å²) in [6, 6.07) is 6.59. The van der Waals surface area contributed by atoms with Crippen molar-refractivity contribution in [2.75, 3.05) is 25.7 Å². The van der Waals surface area contributed by atoms with Crippen molar-refractivity contribution < 1.29 is 37.0 Å². The number of hydrogen-bond donors (Lipinski definition) is 0. The fourth-order valence-corrected chi connectivity index (χ4v) is 5.45. The van der Waals surface area contributed by atoms with Gasteiger partial charge in [0.1, 0.15) is 6.04 Å². The molecule has 5 rings (SSSR count). The number of piperazine rings is 1. The third-order valence-electron chi connectivity index (χ3n) is 7.08. The van der Waals surface area contributed by atoms with E-state index in [9.17, 15) is 27.6 Å². The van der Waals surface area contributed by atoms with Crippen molar-refractivity contribution in [3.05, 3.63) is 53.1 Å². The molecule has 0 saturated carbocycles. The second-order valence-electron chi connectivity index (χ2n) is 9.02. The summed E-state index contributed by atoms with van der Waals surface area (Å²) >= 11 is 0. The number of carbonyl (C=O) groups excluding carboxylic acids is 3. The number of carbonyl (C=O) groups is 3. The molecule has 3 saturated heterocycles. The van der Waals surface area contributed by atoms with Crippen LogP contribution in [0.4, 0.5) is 23.7 Å². The second kappa shape index (κ2) is 8.69. The number of fused-ring (bicyclic) bond motifs is 5. The van der Waals surface area contributed by atoms with E-state index in [2.05, 4.69) is 0 Å². The number of halogens is 3. The van der Waals surface area contributed by atoms with Gasteiger partial charge in [0.15, 0.2) is 11.5 Å². The van der Waals surface area contributed by atoms with Crippen molar-refractivity contribution in [2.24, 2.45) is 0 Å². The van der Waals surface area contributed by atoms with Crippen LogP contribution in [-0.4, -0.2) is 66.5 Å². The molecule has 0 N–H and O–H groups in total. The number of rotatable bonds is 5. The molecular formula is C25H21F3N4O5. The minimum atomic E-state index is -4.84. The summed E-state index contributed by atoms with van der Waals surface area (Å²) in [5.41, 5.74) is -1.42. The Bertz CT molecular complexity index is 1350. The number of ether oxygens (including phenoxy) is 2. The van der Waals surface area contributed by atoms with E-state index in [-0.39, 0.29) is 24.6 Å². The van der Waals surface area contributed by atoms with Crippen molar-refractivity contribution >= 4 is 23.5 Å². The van der Waals surface area contributed by atoms with E-state index in [0.717, 1.165) is 12.1 Å². The Morgan fingerprint density at radius 1 is 1.11 bits per heavy atom. The SMILES string of the molecule is COc1ccc(CC(=O)N2C[C@H]3CC2[C@@H]2C(=O)N(c4ccc(C#N)c(C(F)(F)F)c4)C(=O)N32)cc1OC. The van der Waals surface area contributed by atoms with Gasteiger partial charge in [-0.25, -0.2) is 9.69 Å². The molecule has 0 aromatic heterocycles. The lowest BCUT2D eigenvalue weighted by molar-refractivity contribution is -0.138. The highest BCUT2D eigenvalue weighted by molar-refractivity contribution is 6.22. The highest BCUT2D eigenvalue weighted by atomic mass is 19.4. The van der Waals surface area contributed by atoms with E-state index in [0.29, 0.717) is 34.4 Å². The van der Waals surface area contributed by atoms with Gasteiger partial charge in [-0.15, -0.1) is 0 Å². The van der Waals surface area contributed by atoms with E-state index < -0.39 is 47.4 Å². The quantitative estimate of drug-likeness (QED) is 0.569. The molecule has 0 spiro atoms. The van der Waals surface area contributed by atoms with Gasteiger partial charge < -0.3 is 19.3 Å². The molecule has 9 nitrogen and oxygen atoms in total. The van der Waals surface area contributed by atoms with Crippen LogP contribution in [0.15, 0.2) is 36.4 Å². The van der Waals surface area contributed by atoms with Crippen LogP contribution >= 0.6 is 0 Å². The van der Waals surface area contributed by atoms with Crippen LogP contribution in [0.1, 0.15) is 23.1 Å². The predicted octanol–water partition coefficient (Wildman–Crippen LogP) is 2.96. The van der Waals surface area contributed by atoms with Crippen LogP contribution in [0.25, 0.3) is 0 Å². The largest absolute Gasteiger partial charge is 0.493 e. The van der Waals surface area contributed by atoms with E-state index in [4.69, 9.17) is 14.7 Å². The Morgan fingerprint density at radius 2 is 1.84 bits per heavy atom. The van der Waals surface area contributed by atoms with Gasteiger partial charge in [-0.3, -0.25) is 9.59 Å². The lowest BCUT2D eigenvalue weighted by Crippen LogP contribution is -2.55. The Kier molecular flexibility index (Phi) is 5.73. The maximum Gasteiger partial charge on any atom is 0.417 e. The molecule has 3 aliphatic heterocycles. The van der Waals surface area contributed by atoms with Crippen LogP contribution in [0.3, 0.4) is 0 Å². The molecular weight excluding hydrogens is 493 g/mol. The van der Waals surface area contributed by atoms with Crippen LogP contribution in [-0.2, 0) is 22.2 Å². The van der Waals surface area contributed by atoms with E-state index >= 15 is 0 Å². The summed E-state index contributed by atoms with van der Waals surface area (Å²) in [6.07, 6.45) is -4.39. The molecule has 192 valence electrons. The van der Waals surface area contributed by atoms with Crippen molar-refractivity contribution in [2.45, 2.75) is 37.1 Å². The van der Waals surface area contributed by atoms with Crippen LogP contribution < -0.4 is 14.4 Å². The monoisotopic (exact) mass is 514 g/mol. The van der Waals surface area contributed by atoms with Gasteiger partial charge in [0.2, 0.25) is 5.91 Å². The number of anilines is 1. The van der Waals surface area contributed by atoms with Crippen LogP contribution in [0, 0.1) is 11.3 Å². The first-order valence-corrected chi connectivity index (χ1v) is 11.4. The molecule has 37 heavy (non-hydrogen) atoms. The first-order chi connectivity index (χ1) is 17.6. The molecule has 3 aliphatic rings. The van der Waals surface area contributed by atoms with Gasteiger partial charge in [-0.1, -0.05) is 6.07 Å². The molecule has 12 heteroatoms. The molecule has 2 aromatic rings. The summed E-state index contributed by atoms with van der Waals surface area (Å²) in [5.74, 6) is 0.0470. The first kappa shape index (κ1) is 24.4. The molecule has 1 unspecified atom stereocenters. The summed E-state index contributed by atoms with van der Waals surface area (Å²) in [4.78, 5) is 43.3. The number of benzene rings is 2. The van der Waals surface area contributed by atoms with Gasteiger partial charge in [0, 0.05) is 6.54 Å². The minimum Gasteiger partial charge on any atom is -0.493 e. The topological polar surface area (TPSA) is 103 Å². The van der Waals surface area contributed by atoms with Gasteiger partial charge in [-0.2, -0.15) is 18.4 Å². The minimum absolute atomic E-state index is 0.0344. The lowest BCUT2D eigenvalue weighted by Gasteiger charge is -2.35. The molecule has 2 aromatic carbocycles. The van der Waals surface area contributed by atoms with Crippen molar-refractivity contribution in [3.63, 3.8) is 0 Å². The Morgan fingerprint density at radius 3 is 2.49 bits per heavy atom. The molecule has 3 heterocycles. The zero-order valence-corrected chi connectivity index (χ0v) is 19.8. The average molecular weight is 514 g/mol. The van der Waals surface area contributed by atoms with Gasteiger partial charge >= 0.3 is 12.2 Å². The average Bonchev–Trinajstić information content (AvgIpc) is 3.54. The number of nitriles is 1. The fourth-order valence-electron chi connectivity index (χ4n) is 5.45. The van der Waals surface area contributed by atoms with E-state index in [1.54, 1.807) is 23.1 Å². The zero-order valence-electron chi connectivity index (χ0n) is 19.8. The standard InChI is InChI=1S/C25H21F3N4O5/c1-36-19-6-3-13(7-20(19)37-2)8-21(33)30-12-16-10-18(30)22-23(34)32(24(35)31(16)22)15-5-4-14(11-29)17(9-15)25(26,27)28/h3-7,9,16,18,22H,8,10,12H2,1-2H3/t16-,18?,22-/m1/s1. The summed E-state index contributed by atoms with van der Waals surface area (Å²) in [7, 11) is 2.98. The number of methoxy groups -OCH3 is 2. The van der Waals surface area contributed by atoms with E-state index in [1.807, 2.05) is 0 Å². The summed E-state index contributed by atoms with van der Waals surface area (Å²) in [6.45, 7) is 0.224. The van der Waals surface area contributed by atoms with Crippen LogP contribution in [0.5, 0.6) is 11.5 Å². The van der Waals surface area contributed by atoms with Crippen molar-refractivity contribution in [1.29, 1.82) is 5.26 Å². The number of nitrogens with zero attached hydrogens (tertiary/aromatic N) is 4. The maximum absolute atomic E-state index is 13.5. The number of imide groups is 1. The molecule has 3 fully saturated rings. The third-order valence-corrected chi connectivity index (χ3v) is 7.08. The number of urea groups is 1. The number of hydrogen-bond acceptors (Lipinski definition) is 6. The fraction of sp³-hybridized carbons (Fsp3) is 0.360. The predicted molar refractivity (Wildman–Crippen MR) is 122 cm³/mol. The molecule has 0 aliphatic carbocycles. The number of likely N-dealkylation sites (tertiary alicyclic amines) is 1. The molecule has 2 bridgehead atoms. The highest BCUT2D eigenvalue weighted by Gasteiger charge is 2.62. The molecule has 0 radical (unpaired) electrons. The summed E-state index contributed by atoms with van der Waals surface area (Å²) < 4.78 is 50.9. The van der Waals surface area contributed by atoms with Crippen molar-refractivity contribution in [3.8, 4) is 17.6 Å².